The van der Waals surface area contributed by atoms with Crippen LogP contribution >= 0.6 is 0 Å². The van der Waals surface area contributed by atoms with Crippen molar-refractivity contribution in [2.75, 3.05) is 0 Å². The molecule has 3 rings (SSSR count). The van der Waals surface area contributed by atoms with E-state index in [2.05, 4.69) is 48.7 Å². The highest BCUT2D eigenvalue weighted by atomic mass is 16.5. The van der Waals surface area contributed by atoms with E-state index in [-0.39, 0.29) is 6.04 Å². The Hall–Kier alpha value is -1.84. The quantitative estimate of drug-likeness (QED) is 0.631. The summed E-state index contributed by atoms with van der Waals surface area (Å²) < 4.78 is 5.88. The maximum absolute atomic E-state index is 5.88. The molecule has 21 heavy (non-hydrogen) atoms. The Labute approximate surface area is 126 Å². The maximum atomic E-state index is 5.88. The van der Waals surface area contributed by atoms with E-state index in [1.165, 1.54) is 24.0 Å². The van der Waals surface area contributed by atoms with Crippen molar-refractivity contribution < 1.29 is 4.74 Å². The Morgan fingerprint density at radius 3 is 2.71 bits per heavy atom. The molecule has 0 amide bonds. The fourth-order valence-electron chi connectivity index (χ4n) is 2.65. The van der Waals surface area contributed by atoms with Gasteiger partial charge in [-0.25, -0.2) is 5.43 Å². The number of ether oxygens (including phenoxy) is 1. The zero-order valence-corrected chi connectivity index (χ0v) is 12.4. The average molecular weight is 282 g/mol. The summed E-state index contributed by atoms with van der Waals surface area (Å²) in [6.45, 7) is 2.17. The van der Waals surface area contributed by atoms with Crippen molar-refractivity contribution in [3.63, 3.8) is 0 Å². The van der Waals surface area contributed by atoms with Gasteiger partial charge in [0.2, 0.25) is 0 Å². The lowest BCUT2D eigenvalue weighted by molar-refractivity contribution is 0.302. The summed E-state index contributed by atoms with van der Waals surface area (Å²) in [4.78, 5) is 0. The van der Waals surface area contributed by atoms with Crippen LogP contribution in [0.4, 0.5) is 0 Å². The van der Waals surface area contributed by atoms with Crippen LogP contribution in [0.2, 0.25) is 0 Å². The molecule has 1 fully saturated rings. The van der Waals surface area contributed by atoms with E-state index < -0.39 is 0 Å². The molecule has 0 aliphatic heterocycles. The summed E-state index contributed by atoms with van der Waals surface area (Å²) >= 11 is 0. The van der Waals surface area contributed by atoms with Gasteiger partial charge >= 0.3 is 0 Å². The van der Waals surface area contributed by atoms with Crippen LogP contribution in [-0.2, 0) is 6.42 Å². The van der Waals surface area contributed by atoms with Crippen molar-refractivity contribution in [1.82, 2.24) is 5.43 Å². The summed E-state index contributed by atoms with van der Waals surface area (Å²) in [5.41, 5.74) is 6.63. The van der Waals surface area contributed by atoms with Crippen LogP contribution in [0.3, 0.4) is 0 Å². The van der Waals surface area contributed by atoms with Gasteiger partial charge in [-0.05, 0) is 48.1 Å². The predicted molar refractivity (Wildman–Crippen MR) is 85.1 cm³/mol. The van der Waals surface area contributed by atoms with Gasteiger partial charge in [0.05, 0.1) is 12.1 Å². The second-order valence-corrected chi connectivity index (χ2v) is 5.54. The number of nitrogens with one attached hydrogen (secondary N) is 1. The molecule has 0 saturated heterocycles. The smallest absolute Gasteiger partial charge is 0.120 e. The van der Waals surface area contributed by atoms with Gasteiger partial charge in [-0.2, -0.15) is 0 Å². The highest BCUT2D eigenvalue weighted by Gasteiger charge is 2.24. The first-order valence-electron chi connectivity index (χ1n) is 7.62. The number of aryl methyl sites for hydroxylation is 1. The third kappa shape index (κ3) is 3.26. The lowest BCUT2D eigenvalue weighted by Gasteiger charge is -2.20. The number of benzene rings is 2. The number of hydrazine groups is 1. The van der Waals surface area contributed by atoms with E-state index >= 15 is 0 Å². The fourth-order valence-corrected chi connectivity index (χ4v) is 2.65. The molecule has 1 saturated carbocycles. The molecular weight excluding hydrogens is 260 g/mol. The van der Waals surface area contributed by atoms with Crippen LogP contribution in [0.1, 0.15) is 42.5 Å². The minimum atomic E-state index is -0.0103. The van der Waals surface area contributed by atoms with E-state index in [4.69, 9.17) is 10.6 Å². The zero-order valence-electron chi connectivity index (χ0n) is 12.4. The minimum absolute atomic E-state index is 0.0103. The van der Waals surface area contributed by atoms with Crippen LogP contribution in [0.25, 0.3) is 0 Å². The standard InChI is InChI=1S/C18H22N2O/c1-2-13-6-3-4-9-17(13)18(20-19)14-7-5-8-16(12-14)21-15-10-11-15/h3-9,12,15,18,20H,2,10-11,19H2,1H3. The van der Waals surface area contributed by atoms with Gasteiger partial charge in [-0.3, -0.25) is 5.84 Å². The molecule has 1 unspecified atom stereocenters. The van der Waals surface area contributed by atoms with Crippen molar-refractivity contribution in [1.29, 1.82) is 0 Å². The lowest BCUT2D eigenvalue weighted by atomic mass is 9.93. The molecule has 3 nitrogen and oxygen atoms in total. The Kier molecular flexibility index (Phi) is 4.23. The number of nitrogens with two attached hydrogens (primary N) is 1. The van der Waals surface area contributed by atoms with E-state index in [9.17, 15) is 0 Å². The largest absolute Gasteiger partial charge is 0.490 e. The molecule has 0 aromatic heterocycles. The van der Waals surface area contributed by atoms with Crippen molar-refractivity contribution in [2.24, 2.45) is 5.84 Å². The normalized spacial score (nSPS) is 15.7. The summed E-state index contributed by atoms with van der Waals surface area (Å²) in [6.07, 6.45) is 3.74. The number of hydrogen-bond donors (Lipinski definition) is 2. The number of hydrogen-bond acceptors (Lipinski definition) is 3. The Balaban J connectivity index is 1.91. The van der Waals surface area contributed by atoms with E-state index in [0.717, 1.165) is 17.7 Å². The van der Waals surface area contributed by atoms with Crippen molar-refractivity contribution >= 4 is 0 Å². The highest BCUT2D eigenvalue weighted by Crippen LogP contribution is 2.30. The van der Waals surface area contributed by atoms with Crippen molar-refractivity contribution in [3.05, 3.63) is 65.2 Å². The Morgan fingerprint density at radius 1 is 1.19 bits per heavy atom. The molecule has 0 radical (unpaired) electrons. The first-order chi connectivity index (χ1) is 10.3. The molecule has 2 aromatic rings. The molecule has 1 aliphatic rings. The van der Waals surface area contributed by atoms with Crippen LogP contribution in [0.5, 0.6) is 5.75 Å². The van der Waals surface area contributed by atoms with E-state index in [0.29, 0.717) is 6.10 Å². The van der Waals surface area contributed by atoms with Gasteiger partial charge in [0.25, 0.3) is 0 Å². The van der Waals surface area contributed by atoms with E-state index in [1.807, 2.05) is 12.1 Å². The SMILES string of the molecule is CCc1ccccc1C(NN)c1cccc(OC2CC2)c1. The van der Waals surface area contributed by atoms with Gasteiger partial charge in [-0.1, -0.05) is 43.3 Å². The summed E-state index contributed by atoms with van der Waals surface area (Å²) in [5.74, 6) is 6.77. The number of rotatable bonds is 6. The lowest BCUT2D eigenvalue weighted by Crippen LogP contribution is -2.29. The first kappa shape index (κ1) is 14.1. The molecule has 1 atom stereocenters. The zero-order chi connectivity index (χ0) is 14.7. The van der Waals surface area contributed by atoms with Gasteiger partial charge in [0, 0.05) is 0 Å². The topological polar surface area (TPSA) is 47.3 Å². The van der Waals surface area contributed by atoms with Gasteiger partial charge in [-0.15, -0.1) is 0 Å². The molecule has 1 aliphatic carbocycles. The average Bonchev–Trinajstić information content (AvgIpc) is 3.33. The predicted octanol–water partition coefficient (Wildman–Crippen LogP) is 3.34. The maximum Gasteiger partial charge on any atom is 0.120 e. The molecular formula is C18H22N2O. The first-order valence-corrected chi connectivity index (χ1v) is 7.62. The molecule has 110 valence electrons. The van der Waals surface area contributed by atoms with Crippen LogP contribution in [0, 0.1) is 0 Å². The van der Waals surface area contributed by atoms with E-state index in [1.54, 1.807) is 0 Å². The molecule has 0 heterocycles. The fraction of sp³-hybridized carbons (Fsp3) is 0.333. The second-order valence-electron chi connectivity index (χ2n) is 5.54. The van der Waals surface area contributed by atoms with Crippen LogP contribution in [0.15, 0.2) is 48.5 Å². The van der Waals surface area contributed by atoms with Gasteiger partial charge in [0.15, 0.2) is 0 Å². The van der Waals surface area contributed by atoms with Crippen LogP contribution < -0.4 is 16.0 Å². The highest BCUT2D eigenvalue weighted by molar-refractivity contribution is 5.40. The van der Waals surface area contributed by atoms with Crippen LogP contribution in [-0.4, -0.2) is 6.10 Å². The third-order valence-corrected chi connectivity index (χ3v) is 3.93. The molecule has 0 bridgehead atoms. The Morgan fingerprint density at radius 2 is 2.00 bits per heavy atom. The third-order valence-electron chi connectivity index (χ3n) is 3.93. The van der Waals surface area contributed by atoms with Crippen molar-refractivity contribution in [2.45, 2.75) is 38.3 Å². The molecule has 3 N–H and O–H groups in total. The van der Waals surface area contributed by atoms with Gasteiger partial charge < -0.3 is 4.74 Å². The summed E-state index contributed by atoms with van der Waals surface area (Å²) in [5, 5.41) is 0. The molecule has 3 heteroatoms. The second kappa shape index (κ2) is 6.29. The monoisotopic (exact) mass is 282 g/mol. The summed E-state index contributed by atoms with van der Waals surface area (Å²) in [7, 11) is 0. The molecule has 0 spiro atoms. The van der Waals surface area contributed by atoms with Gasteiger partial charge in [0.1, 0.15) is 5.75 Å². The summed E-state index contributed by atoms with van der Waals surface area (Å²) in [6, 6.07) is 16.6. The molecule has 2 aromatic carbocycles. The van der Waals surface area contributed by atoms with Crippen molar-refractivity contribution in [3.8, 4) is 5.75 Å². The minimum Gasteiger partial charge on any atom is -0.490 e. The Bertz CT molecular complexity index is 608.